The van der Waals surface area contributed by atoms with E-state index in [1.54, 1.807) is 7.11 Å². The minimum Gasteiger partial charge on any atom is -0.497 e. The van der Waals surface area contributed by atoms with Crippen molar-refractivity contribution in [3.63, 3.8) is 0 Å². The zero-order valence-electron chi connectivity index (χ0n) is 11.6. The van der Waals surface area contributed by atoms with E-state index < -0.39 is 11.9 Å². The van der Waals surface area contributed by atoms with Gasteiger partial charge in [0, 0.05) is 6.54 Å². The summed E-state index contributed by atoms with van der Waals surface area (Å²) in [5, 5.41) is 9.97. The number of hydrogen-bond acceptors (Lipinski definition) is 5. The Kier molecular flexibility index (Phi) is 3.70. The van der Waals surface area contributed by atoms with Gasteiger partial charge in [0.1, 0.15) is 5.75 Å². The van der Waals surface area contributed by atoms with Crippen molar-refractivity contribution >= 4 is 5.95 Å². The average Bonchev–Trinajstić information content (AvgIpc) is 2.90. The smallest absolute Gasteiger partial charge is 0.226 e. The lowest BCUT2D eigenvalue weighted by Gasteiger charge is -2.24. The van der Waals surface area contributed by atoms with Gasteiger partial charge >= 0.3 is 0 Å². The fourth-order valence-corrected chi connectivity index (χ4v) is 2.65. The molecule has 0 bridgehead atoms. The summed E-state index contributed by atoms with van der Waals surface area (Å²) in [4.78, 5) is 9.91. The van der Waals surface area contributed by atoms with Crippen molar-refractivity contribution in [2.24, 2.45) is 0 Å². The second-order valence-corrected chi connectivity index (χ2v) is 5.04. The van der Waals surface area contributed by atoms with Crippen LogP contribution in [-0.2, 0) is 0 Å². The maximum Gasteiger partial charge on any atom is 0.226 e. The largest absolute Gasteiger partial charge is 0.497 e. The molecule has 110 valence electrons. The molecule has 1 aromatic carbocycles. The van der Waals surface area contributed by atoms with Crippen LogP contribution in [-0.4, -0.2) is 34.8 Å². The van der Waals surface area contributed by atoms with Crippen molar-refractivity contribution in [2.75, 3.05) is 18.6 Å². The highest BCUT2D eigenvalue weighted by Gasteiger charge is 2.33. The van der Waals surface area contributed by atoms with Gasteiger partial charge in [-0.1, -0.05) is 12.1 Å². The van der Waals surface area contributed by atoms with Crippen molar-refractivity contribution in [1.82, 2.24) is 9.97 Å². The molecule has 1 aliphatic rings. The van der Waals surface area contributed by atoms with Crippen LogP contribution in [0.1, 0.15) is 18.0 Å². The molecule has 0 unspecified atom stereocenters. The highest BCUT2D eigenvalue weighted by molar-refractivity contribution is 5.41. The predicted octanol–water partition coefficient (Wildman–Crippen LogP) is 1.94. The van der Waals surface area contributed by atoms with Gasteiger partial charge in [-0.2, -0.15) is 0 Å². The first-order chi connectivity index (χ1) is 10.2. The molecule has 0 amide bonds. The van der Waals surface area contributed by atoms with Gasteiger partial charge in [0.15, 0.2) is 5.82 Å². The highest BCUT2D eigenvalue weighted by Crippen LogP contribution is 2.35. The third-order valence-electron chi connectivity index (χ3n) is 3.62. The number of aliphatic hydroxyl groups is 1. The molecule has 2 heterocycles. The Balaban J connectivity index is 1.93. The first-order valence-corrected chi connectivity index (χ1v) is 6.73. The van der Waals surface area contributed by atoms with E-state index in [-0.39, 0.29) is 6.04 Å². The molecule has 0 spiro atoms. The summed E-state index contributed by atoms with van der Waals surface area (Å²) in [7, 11) is 1.61. The average molecular weight is 289 g/mol. The van der Waals surface area contributed by atoms with E-state index >= 15 is 0 Å². The number of benzene rings is 1. The van der Waals surface area contributed by atoms with Gasteiger partial charge in [0.25, 0.3) is 0 Å². The number of ether oxygens (including phenoxy) is 1. The number of aliphatic hydroxyl groups excluding tert-OH is 1. The van der Waals surface area contributed by atoms with Gasteiger partial charge in [-0.05, 0) is 24.1 Å². The van der Waals surface area contributed by atoms with Crippen molar-refractivity contribution in [3.05, 3.63) is 48.0 Å². The summed E-state index contributed by atoms with van der Waals surface area (Å²) in [6, 6.07) is 7.62. The van der Waals surface area contributed by atoms with Crippen molar-refractivity contribution in [1.29, 1.82) is 0 Å². The number of rotatable bonds is 3. The molecule has 6 heteroatoms. The molecule has 0 saturated carbocycles. The van der Waals surface area contributed by atoms with Crippen LogP contribution in [0.25, 0.3) is 0 Å². The quantitative estimate of drug-likeness (QED) is 0.935. The van der Waals surface area contributed by atoms with Crippen LogP contribution in [0, 0.1) is 5.82 Å². The number of methoxy groups -OCH3 is 1. The van der Waals surface area contributed by atoms with Gasteiger partial charge in [-0.25, -0.2) is 14.4 Å². The fraction of sp³-hybridized carbons (Fsp3) is 0.333. The van der Waals surface area contributed by atoms with Crippen LogP contribution in [0.5, 0.6) is 5.75 Å². The molecule has 1 fully saturated rings. The number of aromatic nitrogens is 2. The number of hydrogen-bond donors (Lipinski definition) is 1. The SMILES string of the molecule is COc1cccc([C@H]2C[C@@H](O)CN2c2ncc(F)cn2)c1. The van der Waals surface area contributed by atoms with Crippen molar-refractivity contribution in [3.8, 4) is 5.75 Å². The van der Waals surface area contributed by atoms with Crippen LogP contribution < -0.4 is 9.64 Å². The molecule has 3 rings (SSSR count). The van der Waals surface area contributed by atoms with E-state index in [2.05, 4.69) is 9.97 Å². The van der Waals surface area contributed by atoms with Crippen LogP contribution in [0.2, 0.25) is 0 Å². The minimum absolute atomic E-state index is 0.0550. The molecule has 5 nitrogen and oxygen atoms in total. The Morgan fingerprint density at radius 2 is 2.10 bits per heavy atom. The first kappa shape index (κ1) is 13.8. The lowest BCUT2D eigenvalue weighted by molar-refractivity contribution is 0.194. The van der Waals surface area contributed by atoms with Gasteiger partial charge in [-0.3, -0.25) is 0 Å². The zero-order valence-corrected chi connectivity index (χ0v) is 11.6. The molecular weight excluding hydrogens is 273 g/mol. The summed E-state index contributed by atoms with van der Waals surface area (Å²) in [6.07, 6.45) is 2.38. The molecular formula is C15H16FN3O2. The topological polar surface area (TPSA) is 58.5 Å². The number of anilines is 1. The Morgan fingerprint density at radius 3 is 2.81 bits per heavy atom. The van der Waals surface area contributed by atoms with Gasteiger partial charge in [0.2, 0.25) is 5.95 Å². The lowest BCUT2D eigenvalue weighted by Crippen LogP contribution is -2.26. The van der Waals surface area contributed by atoms with Gasteiger partial charge in [0.05, 0.1) is 31.6 Å². The number of nitrogens with zero attached hydrogens (tertiary/aromatic N) is 3. The van der Waals surface area contributed by atoms with Crippen molar-refractivity contribution in [2.45, 2.75) is 18.6 Å². The molecule has 2 aromatic rings. The molecule has 2 atom stereocenters. The summed E-state index contributed by atoms with van der Waals surface area (Å²) in [6.45, 7) is 0.424. The second kappa shape index (κ2) is 5.65. The molecule has 0 radical (unpaired) electrons. The normalized spacial score (nSPS) is 21.6. The first-order valence-electron chi connectivity index (χ1n) is 6.73. The highest BCUT2D eigenvalue weighted by atomic mass is 19.1. The number of halogens is 1. The fourth-order valence-electron chi connectivity index (χ4n) is 2.65. The second-order valence-electron chi connectivity index (χ2n) is 5.04. The van der Waals surface area contributed by atoms with E-state index in [9.17, 15) is 9.50 Å². The predicted molar refractivity (Wildman–Crippen MR) is 75.7 cm³/mol. The van der Waals surface area contributed by atoms with Gasteiger partial charge < -0.3 is 14.7 Å². The molecule has 21 heavy (non-hydrogen) atoms. The summed E-state index contributed by atoms with van der Waals surface area (Å²) in [5.41, 5.74) is 1.01. The zero-order chi connectivity index (χ0) is 14.8. The van der Waals surface area contributed by atoms with E-state index in [0.717, 1.165) is 23.7 Å². The van der Waals surface area contributed by atoms with Crippen LogP contribution in [0.15, 0.2) is 36.7 Å². The third kappa shape index (κ3) is 2.80. The van der Waals surface area contributed by atoms with E-state index in [1.807, 2.05) is 29.2 Å². The van der Waals surface area contributed by atoms with Crippen molar-refractivity contribution < 1.29 is 14.2 Å². The van der Waals surface area contributed by atoms with Gasteiger partial charge in [-0.15, -0.1) is 0 Å². The van der Waals surface area contributed by atoms with E-state index in [4.69, 9.17) is 4.74 Å². The molecule has 1 aliphatic heterocycles. The Bertz CT molecular complexity index is 621. The summed E-state index contributed by atoms with van der Waals surface area (Å²) < 4.78 is 18.2. The Morgan fingerprint density at radius 1 is 1.33 bits per heavy atom. The van der Waals surface area contributed by atoms with E-state index in [1.165, 1.54) is 0 Å². The van der Waals surface area contributed by atoms with Crippen LogP contribution in [0.3, 0.4) is 0 Å². The maximum atomic E-state index is 13.0. The minimum atomic E-state index is -0.476. The standard InChI is InChI=1S/C15H16FN3O2/c1-21-13-4-2-3-10(5-13)14-6-12(20)9-19(14)15-17-7-11(16)8-18-15/h2-5,7-8,12,14,20H,6,9H2,1H3/t12-,14-/m1/s1. The van der Waals surface area contributed by atoms with Crippen LogP contribution in [0.4, 0.5) is 10.3 Å². The monoisotopic (exact) mass is 289 g/mol. The van der Waals surface area contributed by atoms with E-state index in [0.29, 0.717) is 18.9 Å². The Hall–Kier alpha value is -2.21. The number of β-amino-alcohol motifs (C(OH)–C–C–N with tert-alkyl or cyclic N) is 1. The molecule has 1 N–H and O–H groups in total. The third-order valence-corrected chi connectivity index (χ3v) is 3.62. The summed E-state index contributed by atoms with van der Waals surface area (Å²) in [5.74, 6) is 0.700. The molecule has 0 aliphatic carbocycles. The lowest BCUT2D eigenvalue weighted by atomic mass is 10.0. The maximum absolute atomic E-state index is 13.0. The molecule has 1 aromatic heterocycles. The molecule has 1 saturated heterocycles. The Labute approximate surface area is 122 Å². The van der Waals surface area contributed by atoms with Crippen LogP contribution >= 0.6 is 0 Å². The summed E-state index contributed by atoms with van der Waals surface area (Å²) >= 11 is 0.